The zero-order valence-corrected chi connectivity index (χ0v) is 20.4. The SMILES string of the molecule is CCCc1cc2ccccc2c2[n+]1CCc1cc(OC)c(OC)cc1-2.[F][Sb-]([F])([F])([F])([F])[F]. The van der Waals surface area contributed by atoms with Crippen molar-refractivity contribution in [3.8, 4) is 22.8 Å². The summed E-state index contributed by atoms with van der Waals surface area (Å²) < 4.78 is 73.1. The summed E-state index contributed by atoms with van der Waals surface area (Å²) in [6.45, 7) is 3.25. The number of aromatic nitrogens is 1. The second-order valence-electron chi connectivity index (χ2n) is 7.55. The molecule has 10 heteroatoms. The Hall–Kier alpha value is -2.15. The van der Waals surface area contributed by atoms with Crippen molar-refractivity contribution >= 4 is 30.2 Å². The van der Waals surface area contributed by atoms with Crippen LogP contribution in [0.1, 0.15) is 24.6 Å². The molecule has 0 spiro atoms. The molecule has 0 aliphatic carbocycles. The van der Waals surface area contributed by atoms with Gasteiger partial charge in [0, 0.05) is 18.9 Å². The molecule has 0 radical (unpaired) electrons. The third-order valence-electron chi connectivity index (χ3n) is 5.13. The Labute approximate surface area is 184 Å². The molecule has 1 aliphatic rings. The molecule has 0 saturated heterocycles. The van der Waals surface area contributed by atoms with Crippen molar-refractivity contribution in [1.29, 1.82) is 0 Å². The quantitative estimate of drug-likeness (QED) is 0.204. The fourth-order valence-electron chi connectivity index (χ4n) is 3.97. The first kappa shape index (κ1) is 24.5. The number of ether oxygens (including phenoxy) is 2. The van der Waals surface area contributed by atoms with Crippen LogP contribution in [-0.2, 0) is 19.4 Å². The van der Waals surface area contributed by atoms with Crippen molar-refractivity contribution in [2.24, 2.45) is 0 Å². The van der Waals surface area contributed by atoms with Gasteiger partial charge in [-0.1, -0.05) is 25.1 Å². The summed E-state index contributed by atoms with van der Waals surface area (Å²) in [4.78, 5) is 0. The molecule has 2 heterocycles. The molecule has 0 bridgehead atoms. The molecule has 2 aromatic carbocycles. The van der Waals surface area contributed by atoms with Gasteiger partial charge in [0.1, 0.15) is 0 Å². The number of rotatable bonds is 4. The maximum absolute atomic E-state index is 11.2. The molecular weight excluding hydrogens is 546 g/mol. The third kappa shape index (κ3) is 6.21. The predicted octanol–water partition coefficient (Wildman–Crippen LogP) is 6.46. The second kappa shape index (κ2) is 8.01. The Morgan fingerprint density at radius 2 is 1.50 bits per heavy atom. The van der Waals surface area contributed by atoms with Gasteiger partial charge in [-0.15, -0.1) is 0 Å². The van der Waals surface area contributed by atoms with E-state index in [0.29, 0.717) is 0 Å². The summed E-state index contributed by atoms with van der Waals surface area (Å²) in [6.07, 6.45) is 3.26. The number of fused-ring (bicyclic) bond motifs is 5. The van der Waals surface area contributed by atoms with E-state index in [4.69, 9.17) is 9.47 Å². The number of hydrogen-bond acceptors (Lipinski definition) is 2. The van der Waals surface area contributed by atoms with E-state index in [0.717, 1.165) is 37.3 Å². The van der Waals surface area contributed by atoms with Gasteiger partial charge in [0.25, 0.3) is 0 Å². The molecule has 0 fully saturated rings. The van der Waals surface area contributed by atoms with Crippen LogP contribution in [0.3, 0.4) is 0 Å². The molecule has 176 valence electrons. The van der Waals surface area contributed by atoms with E-state index < -0.39 is 19.5 Å². The van der Waals surface area contributed by atoms with E-state index in [2.05, 4.69) is 54.0 Å². The normalized spacial score (nSPS) is 14.9. The van der Waals surface area contributed by atoms with Crippen molar-refractivity contribution in [2.75, 3.05) is 14.2 Å². The van der Waals surface area contributed by atoms with Crippen LogP contribution < -0.4 is 14.0 Å². The van der Waals surface area contributed by atoms with Gasteiger partial charge >= 0.3 is 36.4 Å². The average Bonchev–Trinajstić information content (AvgIpc) is 2.70. The fourth-order valence-corrected chi connectivity index (χ4v) is 3.97. The van der Waals surface area contributed by atoms with E-state index in [1.54, 1.807) is 14.2 Å². The van der Waals surface area contributed by atoms with Crippen LogP contribution in [0.2, 0.25) is 0 Å². The van der Waals surface area contributed by atoms with Crippen molar-refractivity contribution in [1.82, 2.24) is 0 Å². The number of pyridine rings is 1. The summed E-state index contributed by atoms with van der Waals surface area (Å²) in [6, 6.07) is 15.3. The Kier molecular flexibility index (Phi) is 6.13. The van der Waals surface area contributed by atoms with E-state index in [1.165, 1.54) is 33.3 Å². The third-order valence-corrected chi connectivity index (χ3v) is 5.13. The minimum absolute atomic E-state index is 0.791. The molecule has 1 aliphatic heterocycles. The second-order valence-corrected chi connectivity index (χ2v) is 13.0. The zero-order valence-electron chi connectivity index (χ0n) is 17.8. The number of nitrogens with zero attached hydrogens (tertiary/aromatic N) is 1. The summed E-state index contributed by atoms with van der Waals surface area (Å²) >= 11 is -11.2. The first-order valence-corrected chi connectivity index (χ1v) is 15.8. The van der Waals surface area contributed by atoms with E-state index in [-0.39, 0.29) is 0 Å². The molecule has 3 aromatic rings. The van der Waals surface area contributed by atoms with Gasteiger partial charge in [-0.05, 0) is 35.6 Å². The summed E-state index contributed by atoms with van der Waals surface area (Å²) in [5.41, 5.74) is 5.31. The zero-order chi connectivity index (χ0) is 23.8. The molecule has 3 nitrogen and oxygen atoms in total. The predicted molar refractivity (Wildman–Crippen MR) is 113 cm³/mol. The van der Waals surface area contributed by atoms with E-state index in [1.807, 2.05) is 0 Å². The molecule has 1 aromatic heterocycles. The number of methoxy groups -OCH3 is 2. The van der Waals surface area contributed by atoms with Gasteiger partial charge in [-0.2, -0.15) is 4.57 Å². The van der Waals surface area contributed by atoms with Crippen LogP contribution in [0, 0.1) is 0 Å². The Morgan fingerprint density at radius 1 is 0.906 bits per heavy atom. The van der Waals surface area contributed by atoms with Crippen molar-refractivity contribution < 1.29 is 30.9 Å². The molecule has 0 saturated carbocycles. The maximum atomic E-state index is 9.93. The number of hydrogen-bond donors (Lipinski definition) is 0. The van der Waals surface area contributed by atoms with Crippen molar-refractivity contribution in [3.63, 3.8) is 0 Å². The Balaban J connectivity index is 0.000000360. The van der Waals surface area contributed by atoms with Crippen LogP contribution in [0.25, 0.3) is 22.0 Å². The monoisotopic (exact) mass is 569 g/mol. The summed E-state index contributed by atoms with van der Waals surface area (Å²) in [7, 11) is 3.40. The summed E-state index contributed by atoms with van der Waals surface area (Å²) in [5.74, 6) is 1.60. The van der Waals surface area contributed by atoms with Crippen LogP contribution in [0.15, 0.2) is 42.5 Å². The van der Waals surface area contributed by atoms with E-state index >= 15 is 0 Å². The van der Waals surface area contributed by atoms with Crippen LogP contribution in [0.4, 0.5) is 16.9 Å². The fraction of sp³-hybridized carbons (Fsp3) is 0.318. The van der Waals surface area contributed by atoms with Crippen LogP contribution >= 0.6 is 0 Å². The Bertz CT molecular complexity index is 1150. The van der Waals surface area contributed by atoms with Gasteiger partial charge in [0.05, 0.1) is 25.2 Å². The van der Waals surface area contributed by atoms with Crippen molar-refractivity contribution in [2.45, 2.75) is 32.7 Å². The van der Waals surface area contributed by atoms with Crippen LogP contribution in [0.5, 0.6) is 11.5 Å². The first-order valence-electron chi connectivity index (χ1n) is 9.98. The van der Waals surface area contributed by atoms with Gasteiger partial charge in [-0.3, -0.25) is 0 Å². The average molecular weight is 570 g/mol. The first-order chi connectivity index (χ1) is 14.7. The Morgan fingerprint density at radius 3 is 2.09 bits per heavy atom. The molecule has 0 amide bonds. The number of aryl methyl sites for hydroxylation is 2. The minimum atomic E-state index is -11.2. The topological polar surface area (TPSA) is 22.3 Å². The standard InChI is InChI=1S/C22H24NO2.6FH.Sb/c1-4-7-17-12-15-8-5-6-9-18(15)22-19-14-21(25-3)20(24-2)13-16(19)10-11-23(17)22;;;;;;;/h5-6,8-9,12-14H,4,7,10-11H2,1-3H3;6*1H;/q+1;;;;;;;+5/p-6. The van der Waals surface area contributed by atoms with Crippen LogP contribution in [-0.4, -0.2) is 33.7 Å². The van der Waals surface area contributed by atoms with Crippen molar-refractivity contribution in [3.05, 3.63) is 53.7 Å². The molecule has 4 rings (SSSR count). The molecular formula is C22H24F6NO2Sb. The van der Waals surface area contributed by atoms with Gasteiger partial charge < -0.3 is 9.47 Å². The molecule has 32 heavy (non-hydrogen) atoms. The molecule has 0 atom stereocenters. The van der Waals surface area contributed by atoms with Gasteiger partial charge in [-0.25, -0.2) is 0 Å². The molecule has 0 N–H and O–H groups in total. The number of benzene rings is 2. The molecule has 0 unspecified atom stereocenters. The number of halogens is 6. The van der Waals surface area contributed by atoms with Gasteiger partial charge in [0.2, 0.25) is 5.69 Å². The summed E-state index contributed by atoms with van der Waals surface area (Å²) in [5, 5.41) is 2.61. The van der Waals surface area contributed by atoms with Gasteiger partial charge in [0.15, 0.2) is 23.7 Å². The van der Waals surface area contributed by atoms with E-state index in [9.17, 15) is 16.9 Å².